The number of benzene rings is 1. The number of rotatable bonds is 4. The first kappa shape index (κ1) is 13.3. The van der Waals surface area contributed by atoms with Crippen LogP contribution in [-0.2, 0) is 17.7 Å². The molecule has 2 atom stereocenters. The molecule has 20 heavy (non-hydrogen) atoms. The van der Waals surface area contributed by atoms with E-state index in [9.17, 15) is 0 Å². The van der Waals surface area contributed by atoms with Crippen LogP contribution in [0.15, 0.2) is 30.3 Å². The molecule has 1 aliphatic heterocycles. The lowest BCUT2D eigenvalue weighted by molar-refractivity contribution is 0.124. The van der Waals surface area contributed by atoms with Crippen LogP contribution < -0.4 is 5.73 Å². The third-order valence-corrected chi connectivity index (χ3v) is 3.99. The lowest BCUT2D eigenvalue weighted by Gasteiger charge is -2.24. The number of aromatic nitrogens is 3. The fraction of sp³-hybridized carbons (Fsp3) is 0.467. The van der Waals surface area contributed by atoms with Gasteiger partial charge in [0, 0.05) is 20.1 Å². The number of nitrogens with zero attached hydrogens (tertiary/aromatic N) is 3. The number of hydrogen-bond acceptors (Lipinski definition) is 4. The van der Waals surface area contributed by atoms with Gasteiger partial charge in [-0.3, -0.25) is 0 Å². The van der Waals surface area contributed by atoms with Gasteiger partial charge in [-0.2, -0.15) is 0 Å². The molecule has 0 saturated carbocycles. The molecular weight excluding hydrogens is 252 g/mol. The molecule has 1 aromatic carbocycles. The van der Waals surface area contributed by atoms with Gasteiger partial charge in [0.2, 0.25) is 0 Å². The normalized spacial score (nSPS) is 19.6. The fourth-order valence-corrected chi connectivity index (χ4v) is 2.83. The second kappa shape index (κ2) is 5.73. The molecule has 1 aliphatic rings. The Balaban J connectivity index is 1.93. The second-order valence-corrected chi connectivity index (χ2v) is 5.25. The molecule has 0 aliphatic carbocycles. The Morgan fingerprint density at radius 2 is 2.15 bits per heavy atom. The smallest absolute Gasteiger partial charge is 0.166 e. The van der Waals surface area contributed by atoms with Crippen LogP contribution >= 0.6 is 0 Å². The van der Waals surface area contributed by atoms with Crippen molar-refractivity contribution in [1.82, 2.24) is 14.8 Å². The molecule has 2 heterocycles. The highest BCUT2D eigenvalue weighted by molar-refractivity contribution is 5.23. The van der Waals surface area contributed by atoms with Gasteiger partial charge in [-0.1, -0.05) is 30.3 Å². The summed E-state index contributed by atoms with van der Waals surface area (Å²) >= 11 is 0. The SMILES string of the molecule is COC(c1ccccc1)c1nnc2n1CCC(CN)C2. The van der Waals surface area contributed by atoms with Crippen LogP contribution in [0.5, 0.6) is 0 Å². The van der Waals surface area contributed by atoms with Gasteiger partial charge >= 0.3 is 0 Å². The molecule has 0 fully saturated rings. The summed E-state index contributed by atoms with van der Waals surface area (Å²) in [5.74, 6) is 2.45. The van der Waals surface area contributed by atoms with E-state index >= 15 is 0 Å². The van der Waals surface area contributed by atoms with Gasteiger partial charge in [-0.05, 0) is 24.4 Å². The third-order valence-electron chi connectivity index (χ3n) is 3.99. The maximum atomic E-state index is 5.76. The van der Waals surface area contributed by atoms with Crippen molar-refractivity contribution < 1.29 is 4.74 Å². The second-order valence-electron chi connectivity index (χ2n) is 5.25. The van der Waals surface area contributed by atoms with E-state index in [1.54, 1.807) is 7.11 Å². The molecule has 1 aromatic heterocycles. The van der Waals surface area contributed by atoms with Crippen molar-refractivity contribution in [2.75, 3.05) is 13.7 Å². The Morgan fingerprint density at radius 1 is 1.35 bits per heavy atom. The van der Waals surface area contributed by atoms with E-state index in [2.05, 4.69) is 26.9 Å². The minimum absolute atomic E-state index is 0.160. The van der Waals surface area contributed by atoms with Crippen molar-refractivity contribution >= 4 is 0 Å². The zero-order chi connectivity index (χ0) is 13.9. The van der Waals surface area contributed by atoms with E-state index < -0.39 is 0 Å². The van der Waals surface area contributed by atoms with Crippen LogP contribution in [0, 0.1) is 5.92 Å². The van der Waals surface area contributed by atoms with E-state index in [1.807, 2.05) is 18.2 Å². The lowest BCUT2D eigenvalue weighted by Crippen LogP contribution is -2.27. The molecule has 106 valence electrons. The van der Waals surface area contributed by atoms with Crippen molar-refractivity contribution in [3.63, 3.8) is 0 Å². The van der Waals surface area contributed by atoms with E-state index in [1.165, 1.54) is 0 Å². The molecule has 5 nitrogen and oxygen atoms in total. The molecule has 0 saturated heterocycles. The number of methoxy groups -OCH3 is 1. The van der Waals surface area contributed by atoms with E-state index in [0.717, 1.165) is 36.6 Å². The van der Waals surface area contributed by atoms with Gasteiger partial charge in [0.15, 0.2) is 5.82 Å². The molecule has 0 radical (unpaired) electrons. The predicted octanol–water partition coefficient (Wildman–Crippen LogP) is 1.53. The van der Waals surface area contributed by atoms with Gasteiger partial charge in [-0.25, -0.2) is 0 Å². The van der Waals surface area contributed by atoms with Crippen LogP contribution in [0.1, 0.15) is 29.7 Å². The largest absolute Gasteiger partial charge is 0.369 e. The Kier molecular flexibility index (Phi) is 3.80. The maximum absolute atomic E-state index is 5.76. The van der Waals surface area contributed by atoms with Crippen LogP contribution in [0.3, 0.4) is 0 Å². The molecule has 0 bridgehead atoms. The lowest BCUT2D eigenvalue weighted by atomic mass is 9.98. The van der Waals surface area contributed by atoms with Crippen molar-refractivity contribution in [2.45, 2.75) is 25.5 Å². The van der Waals surface area contributed by atoms with E-state index in [4.69, 9.17) is 10.5 Å². The van der Waals surface area contributed by atoms with E-state index in [0.29, 0.717) is 12.5 Å². The number of hydrogen-bond donors (Lipinski definition) is 1. The zero-order valence-corrected chi connectivity index (χ0v) is 11.7. The summed E-state index contributed by atoms with van der Waals surface area (Å²) in [6, 6.07) is 10.1. The quantitative estimate of drug-likeness (QED) is 0.916. The standard InChI is InChI=1S/C15H20N4O/c1-20-14(12-5-3-2-4-6-12)15-18-17-13-9-11(10-16)7-8-19(13)15/h2-6,11,14H,7-10,16H2,1H3. The van der Waals surface area contributed by atoms with Gasteiger partial charge in [0.05, 0.1) is 0 Å². The first-order valence-electron chi connectivity index (χ1n) is 7.03. The van der Waals surface area contributed by atoms with Crippen molar-refractivity contribution in [3.8, 4) is 0 Å². The minimum atomic E-state index is -0.160. The predicted molar refractivity (Wildman–Crippen MR) is 76.2 cm³/mol. The molecule has 5 heteroatoms. The molecule has 0 amide bonds. The Hall–Kier alpha value is -1.72. The van der Waals surface area contributed by atoms with Crippen LogP contribution in [-0.4, -0.2) is 28.4 Å². The van der Waals surface area contributed by atoms with Gasteiger partial charge < -0.3 is 15.0 Å². The summed E-state index contributed by atoms with van der Waals surface area (Å²) in [4.78, 5) is 0. The number of ether oxygens (including phenoxy) is 1. The Bertz CT molecular complexity index is 567. The molecule has 0 spiro atoms. The zero-order valence-electron chi connectivity index (χ0n) is 11.7. The first-order valence-corrected chi connectivity index (χ1v) is 7.03. The monoisotopic (exact) mass is 272 g/mol. The van der Waals surface area contributed by atoms with E-state index in [-0.39, 0.29) is 6.10 Å². The van der Waals surface area contributed by atoms with Crippen molar-refractivity contribution in [3.05, 3.63) is 47.5 Å². The molecular formula is C15H20N4O. The average molecular weight is 272 g/mol. The van der Waals surface area contributed by atoms with Gasteiger partial charge in [-0.15, -0.1) is 10.2 Å². The highest BCUT2D eigenvalue weighted by Crippen LogP contribution is 2.27. The summed E-state index contributed by atoms with van der Waals surface area (Å²) in [6.07, 6.45) is 1.83. The number of nitrogens with two attached hydrogens (primary N) is 1. The number of fused-ring (bicyclic) bond motifs is 1. The van der Waals surface area contributed by atoms with Crippen molar-refractivity contribution in [1.29, 1.82) is 0 Å². The topological polar surface area (TPSA) is 66.0 Å². The summed E-state index contributed by atoms with van der Waals surface area (Å²) < 4.78 is 7.84. The van der Waals surface area contributed by atoms with Gasteiger partial charge in [0.25, 0.3) is 0 Å². The third kappa shape index (κ3) is 2.34. The molecule has 2 aromatic rings. The fourth-order valence-electron chi connectivity index (χ4n) is 2.83. The van der Waals surface area contributed by atoms with Crippen molar-refractivity contribution in [2.24, 2.45) is 11.7 Å². The van der Waals surface area contributed by atoms with Crippen LogP contribution in [0.4, 0.5) is 0 Å². The maximum Gasteiger partial charge on any atom is 0.166 e. The molecule has 2 unspecified atom stereocenters. The summed E-state index contributed by atoms with van der Waals surface area (Å²) in [7, 11) is 1.71. The summed E-state index contributed by atoms with van der Waals surface area (Å²) in [5, 5.41) is 8.69. The first-order chi connectivity index (χ1) is 9.83. The van der Waals surface area contributed by atoms with Crippen LogP contribution in [0.25, 0.3) is 0 Å². The van der Waals surface area contributed by atoms with Crippen LogP contribution in [0.2, 0.25) is 0 Å². The summed E-state index contributed by atoms with van der Waals surface area (Å²) in [5.41, 5.74) is 6.86. The highest BCUT2D eigenvalue weighted by atomic mass is 16.5. The summed E-state index contributed by atoms with van der Waals surface area (Å²) in [6.45, 7) is 1.64. The Morgan fingerprint density at radius 3 is 2.85 bits per heavy atom. The molecule has 2 N–H and O–H groups in total. The highest BCUT2D eigenvalue weighted by Gasteiger charge is 2.26. The minimum Gasteiger partial charge on any atom is -0.369 e. The molecule has 3 rings (SSSR count). The average Bonchev–Trinajstić information content (AvgIpc) is 2.92. The Labute approximate surface area is 118 Å². The van der Waals surface area contributed by atoms with Gasteiger partial charge in [0.1, 0.15) is 11.9 Å².